The third-order valence-corrected chi connectivity index (χ3v) is 4.69. The Bertz CT molecular complexity index is 1010. The predicted molar refractivity (Wildman–Crippen MR) is 135 cm³/mol. The van der Waals surface area contributed by atoms with Gasteiger partial charge in [0.1, 0.15) is 11.7 Å². The van der Waals surface area contributed by atoms with E-state index in [1.54, 1.807) is 48.3 Å². The molecule has 0 saturated heterocycles. The number of carbonyl (C=O) groups is 1. The van der Waals surface area contributed by atoms with Gasteiger partial charge in [-0.25, -0.2) is 15.0 Å². The van der Waals surface area contributed by atoms with Gasteiger partial charge in [0.05, 0.1) is 31.3 Å². The van der Waals surface area contributed by atoms with Crippen LogP contribution in [-0.2, 0) is 0 Å². The number of rotatable bonds is 13. The summed E-state index contributed by atoms with van der Waals surface area (Å²) in [7, 11) is 1.72. The van der Waals surface area contributed by atoms with Gasteiger partial charge in [-0.2, -0.15) is 23.4 Å². The van der Waals surface area contributed by atoms with Crippen LogP contribution in [0.1, 0.15) is 30.6 Å². The molecular formula is C23H32F3N9O. The fourth-order valence-electron chi connectivity index (χ4n) is 2.91. The molecule has 0 heterocycles. The van der Waals surface area contributed by atoms with Crippen LogP contribution in [0.2, 0.25) is 0 Å². The minimum absolute atomic E-state index is 0.0793. The maximum absolute atomic E-state index is 12.4. The molecule has 1 rings (SSSR count). The number of aliphatic imine (C=N–C) groups is 3. The molecule has 0 amide bonds. The van der Waals surface area contributed by atoms with Crippen LogP contribution in [0.5, 0.6) is 0 Å². The molecule has 0 unspecified atom stereocenters. The number of guanidine groups is 1. The number of amidine groups is 1. The van der Waals surface area contributed by atoms with Crippen LogP contribution < -0.4 is 16.4 Å². The van der Waals surface area contributed by atoms with Crippen molar-refractivity contribution in [2.45, 2.75) is 26.4 Å². The van der Waals surface area contributed by atoms with Crippen molar-refractivity contribution in [3.8, 4) is 6.07 Å². The average Bonchev–Trinajstić information content (AvgIpc) is 2.81. The Labute approximate surface area is 209 Å². The Morgan fingerprint density at radius 1 is 1.31 bits per heavy atom. The molecule has 196 valence electrons. The highest BCUT2D eigenvalue weighted by atomic mass is 19.4. The minimum atomic E-state index is -4.29. The third-order valence-electron chi connectivity index (χ3n) is 4.69. The Morgan fingerprint density at radius 3 is 2.61 bits per heavy atom. The first kappa shape index (κ1) is 30.3. The Kier molecular flexibility index (Phi) is 12.8. The predicted octanol–water partition coefficient (Wildman–Crippen LogP) is 2.60. The number of para-hydroxylation sites is 1. The first-order valence-electron chi connectivity index (χ1n) is 11.1. The highest BCUT2D eigenvalue weighted by Crippen LogP contribution is 2.18. The normalized spacial score (nSPS) is 12.9. The summed E-state index contributed by atoms with van der Waals surface area (Å²) in [5, 5.41) is 17.6. The van der Waals surface area contributed by atoms with Gasteiger partial charge in [-0.05, 0) is 19.1 Å². The zero-order valence-electron chi connectivity index (χ0n) is 20.6. The standard InChI is InChI=1S/C23H32F3N9O/c1-5-35(13-12-29-16-23(24,25)26)34(4)21(33-20-9-7-6-8-19(20)15-36)14-30-18(3)32-22(28)31-17(2)10-11-27/h6-9,15,29-30H,3,5,10,12-14,16H2,1-2,4H3,(H2,28,32)/b31-17-,33-21-. The number of nitriles is 1. The number of nitrogens with zero attached hydrogens (tertiary/aromatic N) is 6. The minimum Gasteiger partial charge on any atom is -0.368 e. The van der Waals surface area contributed by atoms with Crippen LogP contribution in [0.25, 0.3) is 0 Å². The molecule has 0 bridgehead atoms. The molecule has 1 aromatic carbocycles. The fraction of sp³-hybridized carbons (Fsp3) is 0.435. The Balaban J connectivity index is 3.09. The molecule has 1 aromatic rings. The Hall–Kier alpha value is -3.76. The molecule has 0 aliphatic carbocycles. The maximum Gasteiger partial charge on any atom is 0.401 e. The average molecular weight is 508 g/mol. The van der Waals surface area contributed by atoms with Gasteiger partial charge >= 0.3 is 6.18 Å². The highest BCUT2D eigenvalue weighted by molar-refractivity contribution is 5.96. The van der Waals surface area contributed by atoms with Crippen molar-refractivity contribution in [1.82, 2.24) is 20.7 Å². The molecule has 13 heteroatoms. The van der Waals surface area contributed by atoms with Crippen molar-refractivity contribution in [2.75, 3.05) is 39.8 Å². The quantitative estimate of drug-likeness (QED) is 0.123. The number of nitrogens with one attached hydrogen (secondary N) is 2. The van der Waals surface area contributed by atoms with E-state index in [1.165, 1.54) is 0 Å². The third kappa shape index (κ3) is 11.6. The number of halogens is 3. The van der Waals surface area contributed by atoms with E-state index in [4.69, 9.17) is 11.0 Å². The SMILES string of the molecule is C=C(/N=C(N)\N=C(\C)CC#N)NC/C(=N/c1ccccc1C=O)N(C)N(CC)CCNCC(F)(F)F. The number of aldehydes is 1. The lowest BCUT2D eigenvalue weighted by Gasteiger charge is -2.34. The van der Waals surface area contributed by atoms with Crippen LogP contribution in [0.3, 0.4) is 0 Å². The van der Waals surface area contributed by atoms with E-state index < -0.39 is 12.7 Å². The highest BCUT2D eigenvalue weighted by Gasteiger charge is 2.26. The molecule has 0 aliphatic rings. The van der Waals surface area contributed by atoms with Gasteiger partial charge in [0.25, 0.3) is 0 Å². The number of hydrazine groups is 1. The summed E-state index contributed by atoms with van der Waals surface area (Å²) in [6, 6.07) is 8.71. The topological polar surface area (TPSA) is 134 Å². The lowest BCUT2D eigenvalue weighted by molar-refractivity contribution is -0.125. The van der Waals surface area contributed by atoms with Crippen LogP contribution >= 0.6 is 0 Å². The molecule has 36 heavy (non-hydrogen) atoms. The van der Waals surface area contributed by atoms with E-state index in [1.807, 2.05) is 13.0 Å². The second-order valence-corrected chi connectivity index (χ2v) is 7.52. The van der Waals surface area contributed by atoms with Crippen LogP contribution in [0.4, 0.5) is 18.9 Å². The molecular weight excluding hydrogens is 475 g/mol. The molecule has 10 nitrogen and oxygen atoms in total. The van der Waals surface area contributed by atoms with Crippen molar-refractivity contribution in [1.29, 1.82) is 5.26 Å². The van der Waals surface area contributed by atoms with Gasteiger partial charge in [0.2, 0.25) is 5.96 Å². The molecule has 4 N–H and O–H groups in total. The molecule has 0 aliphatic heterocycles. The second-order valence-electron chi connectivity index (χ2n) is 7.52. The van der Waals surface area contributed by atoms with E-state index in [9.17, 15) is 18.0 Å². The van der Waals surface area contributed by atoms with Crippen molar-refractivity contribution >= 4 is 29.5 Å². The summed E-state index contributed by atoms with van der Waals surface area (Å²) in [5.74, 6) is 0.547. The zero-order chi connectivity index (χ0) is 27.1. The van der Waals surface area contributed by atoms with E-state index in [2.05, 4.69) is 32.2 Å². The van der Waals surface area contributed by atoms with Crippen molar-refractivity contribution in [3.63, 3.8) is 0 Å². The van der Waals surface area contributed by atoms with E-state index in [0.717, 1.165) is 0 Å². The Morgan fingerprint density at radius 2 is 2.00 bits per heavy atom. The van der Waals surface area contributed by atoms with Crippen molar-refractivity contribution < 1.29 is 18.0 Å². The summed E-state index contributed by atoms with van der Waals surface area (Å²) >= 11 is 0. The first-order valence-corrected chi connectivity index (χ1v) is 11.1. The summed E-state index contributed by atoms with van der Waals surface area (Å²) in [6.07, 6.45) is -3.50. The largest absolute Gasteiger partial charge is 0.401 e. The van der Waals surface area contributed by atoms with E-state index in [0.29, 0.717) is 35.6 Å². The lowest BCUT2D eigenvalue weighted by Crippen LogP contribution is -2.49. The zero-order valence-corrected chi connectivity index (χ0v) is 20.6. The molecule has 0 spiro atoms. The van der Waals surface area contributed by atoms with Gasteiger partial charge < -0.3 is 16.4 Å². The lowest BCUT2D eigenvalue weighted by atomic mass is 10.2. The molecule has 0 radical (unpaired) electrons. The number of hydrogen-bond donors (Lipinski definition) is 3. The van der Waals surface area contributed by atoms with E-state index >= 15 is 0 Å². The summed E-state index contributed by atoms with van der Waals surface area (Å²) in [5.41, 5.74) is 7.08. The van der Waals surface area contributed by atoms with Crippen molar-refractivity contribution in [2.24, 2.45) is 20.7 Å². The number of benzene rings is 1. The summed E-state index contributed by atoms with van der Waals surface area (Å²) < 4.78 is 37.3. The number of alkyl halides is 3. The van der Waals surface area contributed by atoms with Gasteiger partial charge in [-0.1, -0.05) is 25.6 Å². The number of nitrogens with two attached hydrogens (primary N) is 1. The van der Waals surface area contributed by atoms with Crippen LogP contribution in [0.15, 0.2) is 51.6 Å². The number of hydrogen-bond acceptors (Lipinski definition) is 7. The fourth-order valence-corrected chi connectivity index (χ4v) is 2.91. The summed E-state index contributed by atoms with van der Waals surface area (Å²) in [4.78, 5) is 24.1. The van der Waals surface area contributed by atoms with Crippen molar-refractivity contribution in [3.05, 3.63) is 42.2 Å². The maximum atomic E-state index is 12.4. The number of carbonyl (C=O) groups excluding carboxylic acids is 1. The summed E-state index contributed by atoms with van der Waals surface area (Å²) in [6.45, 7) is 7.17. The van der Waals surface area contributed by atoms with Gasteiger partial charge in [-0.3, -0.25) is 9.80 Å². The van der Waals surface area contributed by atoms with E-state index in [-0.39, 0.29) is 37.8 Å². The smallest absolute Gasteiger partial charge is 0.368 e. The first-order chi connectivity index (χ1) is 17.0. The van der Waals surface area contributed by atoms with Gasteiger partial charge in [0.15, 0.2) is 6.29 Å². The van der Waals surface area contributed by atoms with Crippen LogP contribution in [0, 0.1) is 11.3 Å². The molecule has 0 saturated carbocycles. The molecule has 0 aromatic heterocycles. The molecule has 0 fully saturated rings. The monoisotopic (exact) mass is 507 g/mol. The number of likely N-dealkylation sites (N-methyl/N-ethyl adjacent to an activating group) is 2. The van der Waals surface area contributed by atoms with Gasteiger partial charge in [0, 0.05) is 38.0 Å². The van der Waals surface area contributed by atoms with Crippen LogP contribution in [-0.4, -0.2) is 79.8 Å². The molecule has 0 atom stereocenters. The van der Waals surface area contributed by atoms with Gasteiger partial charge in [-0.15, -0.1) is 0 Å². The second kappa shape index (κ2) is 15.3.